The molecule has 2 N–H and O–H groups in total. The maximum absolute atomic E-state index is 11.8. The van der Waals surface area contributed by atoms with E-state index >= 15 is 0 Å². The van der Waals surface area contributed by atoms with Crippen LogP contribution < -0.4 is 15.2 Å². The number of nitrogens with zero attached hydrogens (tertiary/aromatic N) is 3. The van der Waals surface area contributed by atoms with E-state index in [2.05, 4.69) is 14.9 Å². The van der Waals surface area contributed by atoms with Crippen LogP contribution in [0.3, 0.4) is 0 Å². The van der Waals surface area contributed by atoms with Gasteiger partial charge in [-0.1, -0.05) is 36.4 Å². The maximum Gasteiger partial charge on any atom is 0.146 e. The number of carbonyl (C=O) groups excluding carboxylic acids is 1. The summed E-state index contributed by atoms with van der Waals surface area (Å²) >= 11 is 0. The largest absolute Gasteiger partial charge is 0.455 e. The Kier molecular flexibility index (Phi) is 8.75. The summed E-state index contributed by atoms with van der Waals surface area (Å²) in [6, 6.07) is 22.8. The highest BCUT2D eigenvalue weighted by atomic mass is 16.5. The Hall–Kier alpha value is -4.07. The molecule has 2 aromatic carbocycles. The molecule has 0 aliphatic rings. The second-order valence-corrected chi connectivity index (χ2v) is 8.51. The fourth-order valence-corrected chi connectivity index (χ4v) is 3.76. The van der Waals surface area contributed by atoms with Gasteiger partial charge in [0.1, 0.15) is 28.8 Å². The van der Waals surface area contributed by atoms with E-state index in [0.717, 1.165) is 22.6 Å². The Bertz CT molecular complexity index is 1160. The lowest BCUT2D eigenvalue weighted by Gasteiger charge is -2.25. The van der Waals surface area contributed by atoms with Gasteiger partial charge in [-0.3, -0.25) is 19.7 Å². The number of ketones is 1. The van der Waals surface area contributed by atoms with Crippen LogP contribution in [0, 0.1) is 0 Å². The summed E-state index contributed by atoms with van der Waals surface area (Å²) in [6.07, 6.45) is 7.35. The zero-order valence-corrected chi connectivity index (χ0v) is 20.3. The molecule has 0 aliphatic heterocycles. The van der Waals surface area contributed by atoms with Crippen molar-refractivity contribution in [2.45, 2.75) is 32.5 Å². The van der Waals surface area contributed by atoms with Gasteiger partial charge in [0, 0.05) is 43.2 Å². The fourth-order valence-electron chi connectivity index (χ4n) is 3.76. The molecule has 2 aromatic heterocycles. The van der Waals surface area contributed by atoms with Crippen molar-refractivity contribution in [1.29, 1.82) is 0 Å². The third-order valence-corrected chi connectivity index (χ3v) is 5.74. The van der Waals surface area contributed by atoms with E-state index in [1.807, 2.05) is 72.8 Å². The highest BCUT2D eigenvalue weighted by Crippen LogP contribution is 2.29. The van der Waals surface area contributed by atoms with Gasteiger partial charge >= 0.3 is 0 Å². The van der Waals surface area contributed by atoms with E-state index in [4.69, 9.17) is 15.2 Å². The van der Waals surface area contributed by atoms with Gasteiger partial charge in [-0.2, -0.15) is 0 Å². The van der Waals surface area contributed by atoms with E-state index in [0.29, 0.717) is 37.6 Å². The summed E-state index contributed by atoms with van der Waals surface area (Å²) in [5.41, 5.74) is 8.11. The van der Waals surface area contributed by atoms with Gasteiger partial charge in [0.15, 0.2) is 0 Å². The van der Waals surface area contributed by atoms with E-state index in [1.165, 1.54) is 6.92 Å². The van der Waals surface area contributed by atoms with E-state index in [1.54, 1.807) is 24.8 Å². The van der Waals surface area contributed by atoms with Crippen molar-refractivity contribution in [3.05, 3.63) is 109 Å². The van der Waals surface area contributed by atoms with Crippen LogP contribution in [-0.4, -0.2) is 33.2 Å². The normalized spacial score (nSPS) is 11.8. The molecule has 36 heavy (non-hydrogen) atoms. The number of para-hydroxylation sites is 2. The number of hydrogen-bond acceptors (Lipinski definition) is 7. The average molecular weight is 483 g/mol. The number of carbonyl (C=O) groups is 1. The number of nitrogens with two attached hydrogens (primary N) is 1. The standard InChI is InChI=1S/C29H30N4O3/c1-22(34)27(30)14-17-33(20-23-8-2-4-12-28(23)35-25-10-6-15-31-18-25)21-24-9-3-5-13-29(24)36-26-11-7-16-32-19-26/h2-13,15-16,18-19,27H,14,17,20-21,30H2,1H3/t27-/m0/s1. The first-order chi connectivity index (χ1) is 17.6. The molecule has 0 saturated carbocycles. The summed E-state index contributed by atoms with van der Waals surface area (Å²) < 4.78 is 12.3. The number of rotatable bonds is 12. The minimum absolute atomic E-state index is 0.0180. The molecular formula is C29H30N4O3. The molecule has 0 aliphatic carbocycles. The van der Waals surface area contributed by atoms with Crippen LogP contribution in [0.15, 0.2) is 97.6 Å². The van der Waals surface area contributed by atoms with Gasteiger partial charge in [-0.15, -0.1) is 0 Å². The third-order valence-electron chi connectivity index (χ3n) is 5.74. The molecule has 7 heteroatoms. The van der Waals surface area contributed by atoms with Crippen molar-refractivity contribution in [1.82, 2.24) is 14.9 Å². The fraction of sp³-hybridized carbons (Fsp3) is 0.207. The van der Waals surface area contributed by atoms with Crippen LogP contribution in [0.25, 0.3) is 0 Å². The molecule has 0 bridgehead atoms. The molecule has 7 nitrogen and oxygen atoms in total. The Morgan fingerprint density at radius 3 is 1.75 bits per heavy atom. The zero-order valence-electron chi connectivity index (χ0n) is 20.3. The van der Waals surface area contributed by atoms with Gasteiger partial charge in [-0.25, -0.2) is 0 Å². The topological polar surface area (TPSA) is 90.6 Å². The summed E-state index contributed by atoms with van der Waals surface area (Å²) in [7, 11) is 0. The Morgan fingerprint density at radius 2 is 1.31 bits per heavy atom. The number of Topliss-reactive ketones (excluding diaryl/α,β-unsaturated/α-hetero) is 1. The Morgan fingerprint density at radius 1 is 0.806 bits per heavy atom. The second-order valence-electron chi connectivity index (χ2n) is 8.51. The van der Waals surface area contributed by atoms with Crippen molar-refractivity contribution in [2.24, 2.45) is 5.73 Å². The molecule has 0 unspecified atom stereocenters. The van der Waals surface area contributed by atoms with Gasteiger partial charge in [0.05, 0.1) is 18.4 Å². The first-order valence-electron chi connectivity index (χ1n) is 11.9. The lowest BCUT2D eigenvalue weighted by atomic mass is 10.1. The summed E-state index contributed by atoms with van der Waals surface area (Å²) in [4.78, 5) is 22.3. The first kappa shape index (κ1) is 25.0. The summed E-state index contributed by atoms with van der Waals surface area (Å²) in [6.45, 7) is 3.36. The van der Waals surface area contributed by atoms with E-state index in [9.17, 15) is 4.79 Å². The number of benzene rings is 2. The zero-order chi connectivity index (χ0) is 25.2. The van der Waals surface area contributed by atoms with Crippen molar-refractivity contribution < 1.29 is 14.3 Å². The van der Waals surface area contributed by atoms with Gasteiger partial charge < -0.3 is 15.2 Å². The first-order valence-corrected chi connectivity index (χ1v) is 11.9. The van der Waals surface area contributed by atoms with Crippen molar-refractivity contribution >= 4 is 5.78 Å². The molecule has 0 radical (unpaired) electrons. The van der Waals surface area contributed by atoms with Crippen LogP contribution in [-0.2, 0) is 17.9 Å². The van der Waals surface area contributed by atoms with Gasteiger partial charge in [0.2, 0.25) is 0 Å². The lowest BCUT2D eigenvalue weighted by Crippen LogP contribution is -2.34. The Balaban J connectivity index is 1.57. The second kappa shape index (κ2) is 12.6. The molecule has 4 aromatic rings. The van der Waals surface area contributed by atoms with Crippen molar-refractivity contribution in [3.8, 4) is 23.0 Å². The smallest absolute Gasteiger partial charge is 0.146 e. The molecule has 184 valence electrons. The highest BCUT2D eigenvalue weighted by molar-refractivity contribution is 5.81. The predicted molar refractivity (Wildman–Crippen MR) is 139 cm³/mol. The lowest BCUT2D eigenvalue weighted by molar-refractivity contribution is -0.118. The molecular weight excluding hydrogens is 452 g/mol. The van der Waals surface area contributed by atoms with Crippen LogP contribution in [0.4, 0.5) is 0 Å². The molecule has 1 atom stereocenters. The van der Waals surface area contributed by atoms with Crippen LogP contribution in [0.1, 0.15) is 24.5 Å². The average Bonchev–Trinajstić information content (AvgIpc) is 2.90. The highest BCUT2D eigenvalue weighted by Gasteiger charge is 2.17. The minimum atomic E-state index is -0.503. The molecule has 0 amide bonds. The van der Waals surface area contributed by atoms with Gasteiger partial charge in [0.25, 0.3) is 0 Å². The molecule has 2 heterocycles. The quantitative estimate of drug-likeness (QED) is 0.290. The number of hydrogen-bond donors (Lipinski definition) is 1. The predicted octanol–water partition coefficient (Wildman–Crippen LogP) is 5.37. The minimum Gasteiger partial charge on any atom is -0.455 e. The maximum atomic E-state index is 11.8. The third kappa shape index (κ3) is 7.21. The molecule has 0 saturated heterocycles. The van der Waals surface area contributed by atoms with Crippen LogP contribution in [0.2, 0.25) is 0 Å². The summed E-state index contributed by atoms with van der Waals surface area (Å²) in [5, 5.41) is 0. The number of pyridine rings is 2. The molecule has 0 fully saturated rings. The monoisotopic (exact) mass is 482 g/mol. The molecule has 4 rings (SSSR count). The Labute approximate surface area is 211 Å². The van der Waals surface area contributed by atoms with Crippen LogP contribution in [0.5, 0.6) is 23.0 Å². The number of ether oxygens (including phenoxy) is 2. The van der Waals surface area contributed by atoms with Crippen LogP contribution >= 0.6 is 0 Å². The summed E-state index contributed by atoms with van der Waals surface area (Å²) in [5.74, 6) is 2.84. The SMILES string of the molecule is CC(=O)[C@@H](N)CCN(Cc1ccccc1Oc1cccnc1)Cc1ccccc1Oc1cccnc1. The van der Waals surface area contributed by atoms with E-state index in [-0.39, 0.29) is 5.78 Å². The van der Waals surface area contributed by atoms with Gasteiger partial charge in [-0.05, 0) is 49.7 Å². The number of aromatic nitrogens is 2. The van der Waals surface area contributed by atoms with Crippen molar-refractivity contribution in [2.75, 3.05) is 6.54 Å². The van der Waals surface area contributed by atoms with Crippen molar-refractivity contribution in [3.63, 3.8) is 0 Å². The molecule has 0 spiro atoms. The van der Waals surface area contributed by atoms with E-state index < -0.39 is 6.04 Å².